The molecule has 2 heteroatoms. The van der Waals surface area contributed by atoms with E-state index < -0.39 is 0 Å². The zero-order valence-corrected chi connectivity index (χ0v) is 5.66. The maximum Gasteiger partial charge on any atom is 0.0521 e. The van der Waals surface area contributed by atoms with Crippen LogP contribution in [0.25, 0.3) is 0 Å². The Morgan fingerprint density at radius 2 is 2.14 bits per heavy atom. The summed E-state index contributed by atoms with van der Waals surface area (Å²) in [7, 11) is 0. The van der Waals surface area contributed by atoms with Crippen LogP contribution < -0.4 is 0 Å². The number of aliphatic hydroxyl groups is 1. The van der Waals surface area contributed by atoms with Crippen LogP contribution in [-0.4, -0.2) is 22.7 Å². The number of thioether (sulfide) groups is 1. The van der Waals surface area contributed by atoms with Gasteiger partial charge >= 0.3 is 0 Å². The van der Waals surface area contributed by atoms with Gasteiger partial charge < -0.3 is 5.11 Å². The highest BCUT2D eigenvalue weighted by molar-refractivity contribution is 7.99. The van der Waals surface area contributed by atoms with E-state index in [2.05, 4.69) is 13.8 Å². The van der Waals surface area contributed by atoms with Crippen LogP contribution in [0.4, 0.5) is 0 Å². The molecule has 0 bridgehead atoms. The first-order valence-corrected chi connectivity index (χ1v) is 3.54. The van der Waals surface area contributed by atoms with Crippen molar-refractivity contribution in [3.63, 3.8) is 0 Å². The van der Waals surface area contributed by atoms with Crippen molar-refractivity contribution >= 4 is 11.8 Å². The quantitative estimate of drug-likeness (QED) is 0.602. The van der Waals surface area contributed by atoms with Crippen molar-refractivity contribution in [1.82, 2.24) is 0 Å². The SMILES string of the molecule is CC(C)SCCO. The zero-order valence-electron chi connectivity index (χ0n) is 4.85. The largest absolute Gasteiger partial charge is 0.396 e. The van der Waals surface area contributed by atoms with E-state index in [-0.39, 0.29) is 0 Å². The summed E-state index contributed by atoms with van der Waals surface area (Å²) in [6.07, 6.45) is 0. The van der Waals surface area contributed by atoms with E-state index in [1.54, 1.807) is 11.8 Å². The van der Waals surface area contributed by atoms with Crippen LogP contribution in [0.1, 0.15) is 13.8 Å². The summed E-state index contributed by atoms with van der Waals surface area (Å²) in [5.74, 6) is 0.873. The zero-order chi connectivity index (χ0) is 5.70. The fourth-order valence-corrected chi connectivity index (χ4v) is 0.865. The second kappa shape index (κ2) is 4.47. The average molecular weight is 120 g/mol. The van der Waals surface area contributed by atoms with Crippen LogP contribution in [0.5, 0.6) is 0 Å². The molecule has 0 saturated carbocycles. The Bertz CT molecular complexity index is 37.1. The maximum absolute atomic E-state index is 8.29. The molecule has 0 aliphatic carbocycles. The van der Waals surface area contributed by atoms with E-state index in [0.717, 1.165) is 5.75 Å². The molecule has 0 aromatic heterocycles. The number of hydrogen-bond acceptors (Lipinski definition) is 2. The second-order valence-electron chi connectivity index (χ2n) is 1.64. The lowest BCUT2D eigenvalue weighted by Crippen LogP contribution is -1.92. The Morgan fingerprint density at radius 3 is 2.29 bits per heavy atom. The molecule has 0 radical (unpaired) electrons. The van der Waals surface area contributed by atoms with Gasteiger partial charge in [-0.15, -0.1) is 0 Å². The van der Waals surface area contributed by atoms with Gasteiger partial charge in [0.25, 0.3) is 0 Å². The van der Waals surface area contributed by atoms with E-state index >= 15 is 0 Å². The lowest BCUT2D eigenvalue weighted by molar-refractivity contribution is 0.322. The minimum atomic E-state index is 0.308. The Labute approximate surface area is 49.1 Å². The van der Waals surface area contributed by atoms with Crippen molar-refractivity contribution in [1.29, 1.82) is 0 Å². The van der Waals surface area contributed by atoms with Crippen LogP contribution >= 0.6 is 11.8 Å². The van der Waals surface area contributed by atoms with E-state index in [4.69, 9.17) is 5.11 Å². The molecule has 0 unspecified atom stereocenters. The maximum atomic E-state index is 8.29. The number of hydrogen-bond donors (Lipinski definition) is 1. The minimum Gasteiger partial charge on any atom is -0.396 e. The van der Waals surface area contributed by atoms with Crippen LogP contribution in [0.15, 0.2) is 0 Å². The first kappa shape index (κ1) is 7.31. The number of rotatable bonds is 3. The topological polar surface area (TPSA) is 20.2 Å². The Morgan fingerprint density at radius 1 is 1.57 bits per heavy atom. The van der Waals surface area contributed by atoms with Gasteiger partial charge in [0.05, 0.1) is 6.61 Å². The van der Waals surface area contributed by atoms with Crippen molar-refractivity contribution in [3.05, 3.63) is 0 Å². The van der Waals surface area contributed by atoms with E-state index in [1.165, 1.54) is 0 Å². The van der Waals surface area contributed by atoms with Crippen molar-refractivity contribution in [2.24, 2.45) is 0 Å². The normalized spacial score (nSPS) is 10.3. The van der Waals surface area contributed by atoms with Crippen LogP contribution in [0.2, 0.25) is 0 Å². The molecule has 0 aromatic rings. The molecule has 0 atom stereocenters. The van der Waals surface area contributed by atoms with Gasteiger partial charge in [-0.05, 0) is 5.25 Å². The lowest BCUT2D eigenvalue weighted by Gasteiger charge is -1.98. The molecule has 0 aliphatic heterocycles. The predicted molar refractivity (Wildman–Crippen MR) is 34.7 cm³/mol. The molecule has 1 N–H and O–H groups in total. The molecule has 0 fully saturated rings. The highest BCUT2D eigenvalue weighted by atomic mass is 32.2. The second-order valence-corrected chi connectivity index (χ2v) is 3.33. The molecule has 0 rings (SSSR count). The summed E-state index contributed by atoms with van der Waals surface area (Å²) in [5, 5.41) is 8.95. The molecule has 0 saturated heterocycles. The van der Waals surface area contributed by atoms with Gasteiger partial charge in [-0.2, -0.15) is 11.8 Å². The molecule has 44 valence electrons. The molecule has 7 heavy (non-hydrogen) atoms. The molecular formula is C5H12OS. The first-order valence-electron chi connectivity index (χ1n) is 2.50. The molecule has 1 nitrogen and oxygen atoms in total. The predicted octanol–water partition coefficient (Wildman–Crippen LogP) is 1.12. The van der Waals surface area contributed by atoms with Crippen molar-refractivity contribution in [2.45, 2.75) is 19.1 Å². The van der Waals surface area contributed by atoms with Gasteiger partial charge in [0.15, 0.2) is 0 Å². The third-order valence-corrected chi connectivity index (χ3v) is 1.63. The van der Waals surface area contributed by atoms with Crippen LogP contribution in [0.3, 0.4) is 0 Å². The standard InChI is InChI=1S/C5H12OS/c1-5(2)7-4-3-6/h5-6H,3-4H2,1-2H3. The Kier molecular flexibility index (Phi) is 4.67. The van der Waals surface area contributed by atoms with Gasteiger partial charge in [-0.25, -0.2) is 0 Å². The van der Waals surface area contributed by atoms with Crippen LogP contribution in [-0.2, 0) is 0 Å². The highest BCUT2D eigenvalue weighted by Crippen LogP contribution is 2.06. The summed E-state index contributed by atoms with van der Waals surface area (Å²) in [5.41, 5.74) is 0. The highest BCUT2D eigenvalue weighted by Gasteiger charge is 1.89. The minimum absolute atomic E-state index is 0.308. The third-order valence-electron chi connectivity index (χ3n) is 0.542. The van der Waals surface area contributed by atoms with Crippen molar-refractivity contribution < 1.29 is 5.11 Å². The molecule has 0 amide bonds. The third kappa shape index (κ3) is 6.31. The van der Waals surface area contributed by atoms with Gasteiger partial charge in [0.1, 0.15) is 0 Å². The van der Waals surface area contributed by atoms with Gasteiger partial charge in [0.2, 0.25) is 0 Å². The summed E-state index contributed by atoms with van der Waals surface area (Å²) < 4.78 is 0. The molecule has 0 heterocycles. The van der Waals surface area contributed by atoms with Crippen molar-refractivity contribution in [3.8, 4) is 0 Å². The smallest absolute Gasteiger partial charge is 0.0521 e. The van der Waals surface area contributed by atoms with Gasteiger partial charge in [-0.3, -0.25) is 0 Å². The summed E-state index contributed by atoms with van der Waals surface area (Å²) in [6.45, 7) is 4.56. The van der Waals surface area contributed by atoms with E-state index in [1.807, 2.05) is 0 Å². The lowest BCUT2D eigenvalue weighted by atomic mass is 10.6. The van der Waals surface area contributed by atoms with Crippen molar-refractivity contribution in [2.75, 3.05) is 12.4 Å². The average Bonchev–Trinajstić information content (AvgIpc) is 1.61. The fourth-order valence-electron chi connectivity index (χ4n) is 0.288. The number of aliphatic hydroxyl groups excluding tert-OH is 1. The molecule has 0 aromatic carbocycles. The molecular weight excluding hydrogens is 108 g/mol. The van der Waals surface area contributed by atoms with Gasteiger partial charge in [0, 0.05) is 5.75 Å². The Hall–Kier alpha value is 0.310. The van der Waals surface area contributed by atoms with E-state index in [0.29, 0.717) is 11.9 Å². The van der Waals surface area contributed by atoms with Gasteiger partial charge in [-0.1, -0.05) is 13.8 Å². The molecule has 0 spiro atoms. The summed E-state index contributed by atoms with van der Waals surface area (Å²) in [4.78, 5) is 0. The monoisotopic (exact) mass is 120 g/mol. The Balaban J connectivity index is 2.68. The fraction of sp³-hybridized carbons (Fsp3) is 1.00. The summed E-state index contributed by atoms with van der Waals surface area (Å²) >= 11 is 1.78. The van der Waals surface area contributed by atoms with Crippen LogP contribution in [0, 0.1) is 0 Å². The summed E-state index contributed by atoms with van der Waals surface area (Å²) in [6, 6.07) is 0. The first-order chi connectivity index (χ1) is 3.27. The van der Waals surface area contributed by atoms with E-state index in [9.17, 15) is 0 Å². The molecule has 0 aliphatic rings.